The molecule has 3 aromatic carbocycles. The van der Waals surface area contributed by atoms with Gasteiger partial charge in [-0.05, 0) is 49.7 Å². The summed E-state index contributed by atoms with van der Waals surface area (Å²) >= 11 is 12.2. The lowest BCUT2D eigenvalue weighted by Crippen LogP contribution is -2.45. The highest BCUT2D eigenvalue weighted by molar-refractivity contribution is 7.92. The summed E-state index contributed by atoms with van der Waals surface area (Å²) < 4.78 is 26.3. The third-order valence-corrected chi connectivity index (χ3v) is 6.71. The largest absolute Gasteiger partial charge is 0.324 e. The number of amides is 1. The topological polar surface area (TPSA) is 83.6 Å². The van der Waals surface area contributed by atoms with Gasteiger partial charge in [-0.2, -0.15) is 0 Å². The van der Waals surface area contributed by atoms with E-state index in [-0.39, 0.29) is 17.0 Å². The van der Waals surface area contributed by atoms with Crippen molar-refractivity contribution < 1.29 is 18.0 Å². The molecule has 0 spiro atoms. The molecule has 3 rings (SSSR count). The van der Waals surface area contributed by atoms with E-state index >= 15 is 0 Å². The first-order chi connectivity index (χ1) is 15.5. The van der Waals surface area contributed by atoms with Crippen molar-refractivity contribution in [1.82, 2.24) is 0 Å². The van der Waals surface area contributed by atoms with E-state index in [1.54, 1.807) is 55.5 Å². The predicted molar refractivity (Wildman–Crippen MR) is 133 cm³/mol. The first-order valence-electron chi connectivity index (χ1n) is 9.94. The summed E-state index contributed by atoms with van der Waals surface area (Å²) in [5.74, 6) is -0.948. The van der Waals surface area contributed by atoms with Crippen molar-refractivity contribution in [3.05, 3.63) is 93.5 Å². The van der Waals surface area contributed by atoms with E-state index in [1.165, 1.54) is 25.1 Å². The number of benzene rings is 3. The normalized spacial score (nSPS) is 12.2. The number of sulfonamides is 1. The minimum atomic E-state index is -3.84. The van der Waals surface area contributed by atoms with E-state index in [0.717, 1.165) is 10.6 Å². The van der Waals surface area contributed by atoms with Gasteiger partial charge in [-0.15, -0.1) is 0 Å². The van der Waals surface area contributed by atoms with Crippen molar-refractivity contribution in [2.24, 2.45) is 0 Å². The number of nitrogens with zero attached hydrogens (tertiary/aromatic N) is 1. The van der Waals surface area contributed by atoms with Gasteiger partial charge >= 0.3 is 0 Å². The summed E-state index contributed by atoms with van der Waals surface area (Å²) in [7, 11) is -3.84. The number of carbonyl (C=O) groups excluding carboxylic acids is 2. The van der Waals surface area contributed by atoms with Crippen molar-refractivity contribution >= 4 is 56.3 Å². The molecule has 0 unspecified atom stereocenters. The van der Waals surface area contributed by atoms with E-state index < -0.39 is 22.0 Å². The molecule has 1 atom stereocenters. The molecule has 0 aliphatic rings. The third-order valence-electron chi connectivity index (χ3n) is 5.02. The van der Waals surface area contributed by atoms with Crippen molar-refractivity contribution in [2.45, 2.75) is 19.9 Å². The lowest BCUT2D eigenvalue weighted by molar-refractivity contribution is -0.116. The molecule has 0 bridgehead atoms. The first-order valence-corrected chi connectivity index (χ1v) is 12.5. The van der Waals surface area contributed by atoms with Gasteiger partial charge in [0.25, 0.3) is 0 Å². The Morgan fingerprint density at radius 3 is 2.18 bits per heavy atom. The van der Waals surface area contributed by atoms with Gasteiger partial charge in [0.15, 0.2) is 5.78 Å². The molecule has 0 saturated carbocycles. The molecule has 33 heavy (non-hydrogen) atoms. The maximum Gasteiger partial charge on any atom is 0.248 e. The predicted octanol–water partition coefficient (Wildman–Crippen LogP) is 5.33. The Morgan fingerprint density at radius 2 is 1.55 bits per heavy atom. The van der Waals surface area contributed by atoms with Crippen LogP contribution in [0.2, 0.25) is 10.0 Å². The van der Waals surface area contributed by atoms with Crippen LogP contribution in [-0.4, -0.2) is 32.4 Å². The molecule has 3 aromatic rings. The quantitative estimate of drug-likeness (QED) is 0.441. The van der Waals surface area contributed by atoms with Crippen molar-refractivity contribution in [3.63, 3.8) is 0 Å². The van der Waals surface area contributed by atoms with E-state index in [9.17, 15) is 18.0 Å². The smallest absolute Gasteiger partial charge is 0.248 e. The Balaban J connectivity index is 1.98. The Morgan fingerprint density at radius 1 is 0.939 bits per heavy atom. The van der Waals surface area contributed by atoms with Crippen LogP contribution in [0.4, 0.5) is 11.4 Å². The molecule has 9 heteroatoms. The van der Waals surface area contributed by atoms with Crippen LogP contribution in [-0.2, 0) is 14.8 Å². The third kappa shape index (κ3) is 5.74. The summed E-state index contributed by atoms with van der Waals surface area (Å²) in [4.78, 5) is 26.2. The summed E-state index contributed by atoms with van der Waals surface area (Å²) in [5, 5.41) is 3.35. The fraction of sp³-hybridized carbons (Fsp3) is 0.167. The van der Waals surface area contributed by atoms with E-state index in [2.05, 4.69) is 5.32 Å². The minimum Gasteiger partial charge on any atom is -0.324 e. The molecule has 172 valence electrons. The van der Waals surface area contributed by atoms with Crippen LogP contribution in [0.5, 0.6) is 0 Å². The van der Waals surface area contributed by atoms with Crippen LogP contribution in [0.15, 0.2) is 66.7 Å². The zero-order chi connectivity index (χ0) is 24.3. The van der Waals surface area contributed by atoms with Crippen molar-refractivity contribution in [2.75, 3.05) is 15.9 Å². The second-order valence-electron chi connectivity index (χ2n) is 7.54. The monoisotopic (exact) mass is 504 g/mol. The Labute approximate surface area is 203 Å². The van der Waals surface area contributed by atoms with Crippen molar-refractivity contribution in [1.29, 1.82) is 0 Å². The minimum absolute atomic E-state index is 0.194. The molecule has 0 aromatic heterocycles. The average Bonchev–Trinajstić information content (AvgIpc) is 2.76. The number of carbonyl (C=O) groups is 2. The summed E-state index contributed by atoms with van der Waals surface area (Å²) in [5.41, 5.74) is 1.77. The highest BCUT2D eigenvalue weighted by Crippen LogP contribution is 2.29. The lowest BCUT2D eigenvalue weighted by Gasteiger charge is -2.29. The second kappa shape index (κ2) is 9.95. The number of nitrogens with one attached hydrogen (secondary N) is 1. The molecule has 0 fully saturated rings. The van der Waals surface area contributed by atoms with Crippen LogP contribution >= 0.6 is 23.2 Å². The van der Waals surface area contributed by atoms with Crippen molar-refractivity contribution in [3.8, 4) is 0 Å². The van der Waals surface area contributed by atoms with Gasteiger partial charge in [0.05, 0.1) is 17.6 Å². The number of anilines is 2. The van der Waals surface area contributed by atoms with Crippen LogP contribution in [0.3, 0.4) is 0 Å². The average molecular weight is 505 g/mol. The number of aryl methyl sites for hydroxylation is 1. The van der Waals surface area contributed by atoms with Gasteiger partial charge in [0.1, 0.15) is 6.04 Å². The zero-order valence-corrected chi connectivity index (χ0v) is 20.5. The zero-order valence-electron chi connectivity index (χ0n) is 18.2. The molecule has 0 radical (unpaired) electrons. The Bertz CT molecular complexity index is 1310. The summed E-state index contributed by atoms with van der Waals surface area (Å²) in [6, 6.07) is 16.8. The number of halogens is 2. The maximum absolute atomic E-state index is 13.2. The molecule has 0 saturated heterocycles. The number of hydrogen-bond acceptors (Lipinski definition) is 4. The van der Waals surface area contributed by atoms with E-state index in [0.29, 0.717) is 26.9 Å². The fourth-order valence-corrected chi connectivity index (χ4v) is 4.96. The van der Waals surface area contributed by atoms with E-state index in [4.69, 9.17) is 23.2 Å². The SMILES string of the molecule is Cc1ccc(Cl)cc1N([C@@H](C)C(=O)Nc1ccc(Cl)cc1C(=O)c1ccccc1)S(C)(=O)=O. The highest BCUT2D eigenvalue weighted by Gasteiger charge is 2.31. The van der Waals surface area contributed by atoms with Crippen LogP contribution in [0.25, 0.3) is 0 Å². The maximum atomic E-state index is 13.2. The van der Waals surface area contributed by atoms with Gasteiger partial charge in [-0.25, -0.2) is 8.42 Å². The van der Waals surface area contributed by atoms with Crippen LogP contribution in [0.1, 0.15) is 28.4 Å². The van der Waals surface area contributed by atoms with Gasteiger partial charge in [-0.1, -0.05) is 59.6 Å². The number of rotatable bonds is 7. The standard InChI is InChI=1S/C24H22Cl2N2O4S/c1-15-9-10-19(26)14-22(15)28(33(3,31)32)16(2)24(30)27-21-12-11-18(25)13-20(21)23(29)17-7-5-4-6-8-17/h4-14,16H,1-3H3,(H,27,30)/t16-/m0/s1. The molecular weight excluding hydrogens is 483 g/mol. The molecular formula is C24H22Cl2N2O4S. The molecule has 1 N–H and O–H groups in total. The van der Waals surface area contributed by atoms with Crippen LogP contribution in [0, 0.1) is 6.92 Å². The molecule has 0 aliphatic heterocycles. The Hall–Kier alpha value is -2.87. The molecule has 1 amide bonds. The lowest BCUT2D eigenvalue weighted by atomic mass is 10.0. The van der Waals surface area contributed by atoms with Crippen LogP contribution < -0.4 is 9.62 Å². The molecule has 6 nitrogen and oxygen atoms in total. The summed E-state index contributed by atoms with van der Waals surface area (Å²) in [6.07, 6.45) is 1.02. The molecule has 0 aliphatic carbocycles. The number of ketones is 1. The van der Waals surface area contributed by atoms with Gasteiger partial charge < -0.3 is 5.32 Å². The number of hydrogen-bond donors (Lipinski definition) is 1. The highest BCUT2D eigenvalue weighted by atomic mass is 35.5. The Kier molecular flexibility index (Phi) is 7.47. The molecule has 0 heterocycles. The van der Waals surface area contributed by atoms with Gasteiger partial charge in [0.2, 0.25) is 15.9 Å². The van der Waals surface area contributed by atoms with E-state index in [1.807, 2.05) is 0 Å². The fourth-order valence-electron chi connectivity index (χ4n) is 3.40. The first kappa shape index (κ1) is 24.8. The van der Waals surface area contributed by atoms with Gasteiger partial charge in [-0.3, -0.25) is 13.9 Å². The second-order valence-corrected chi connectivity index (χ2v) is 10.3. The summed E-state index contributed by atoms with van der Waals surface area (Å²) in [6.45, 7) is 3.19. The van der Waals surface area contributed by atoms with Gasteiger partial charge in [0, 0.05) is 21.2 Å².